The summed E-state index contributed by atoms with van der Waals surface area (Å²) in [5.41, 5.74) is 3.38. The lowest BCUT2D eigenvalue weighted by atomic mass is 10.0. The second kappa shape index (κ2) is 11.1. The number of ether oxygens (including phenoxy) is 1. The molecule has 0 saturated heterocycles. The van der Waals surface area contributed by atoms with E-state index in [1.807, 2.05) is 83.7 Å². The van der Waals surface area contributed by atoms with E-state index in [2.05, 4.69) is 12.1 Å². The van der Waals surface area contributed by atoms with Crippen LogP contribution in [0.4, 0.5) is 0 Å². The molecule has 0 aliphatic heterocycles. The van der Waals surface area contributed by atoms with Gasteiger partial charge in [-0.25, -0.2) is 0 Å². The van der Waals surface area contributed by atoms with Crippen molar-refractivity contribution in [2.45, 2.75) is 23.3 Å². The molecule has 4 nitrogen and oxygen atoms in total. The second-order valence-corrected chi connectivity index (χ2v) is 9.54. The minimum absolute atomic E-state index is 0.0430. The largest absolute Gasteiger partial charge is 0.466 e. The van der Waals surface area contributed by atoms with Gasteiger partial charge in [0.2, 0.25) is 11.5 Å². The molecule has 0 N–H and O–H groups in total. The van der Waals surface area contributed by atoms with Crippen LogP contribution in [0.5, 0.6) is 0 Å². The van der Waals surface area contributed by atoms with Crippen molar-refractivity contribution in [1.29, 1.82) is 0 Å². The molecule has 0 unspecified atom stereocenters. The van der Waals surface area contributed by atoms with Gasteiger partial charge in [-0.1, -0.05) is 66.7 Å². The lowest BCUT2D eigenvalue weighted by Crippen LogP contribution is -2.31. The zero-order valence-corrected chi connectivity index (χ0v) is 19.9. The van der Waals surface area contributed by atoms with Gasteiger partial charge in [0.15, 0.2) is 12.4 Å². The van der Waals surface area contributed by atoms with Gasteiger partial charge in [-0.3, -0.25) is 9.59 Å². The molecular formula is C27H24NO3S2+. The molecule has 33 heavy (non-hydrogen) atoms. The molecule has 0 fully saturated rings. The molecule has 0 amide bonds. The Balaban J connectivity index is 1.82. The van der Waals surface area contributed by atoms with Crippen LogP contribution in [0.3, 0.4) is 0 Å². The smallest absolute Gasteiger partial charge is 0.310 e. The highest BCUT2D eigenvalue weighted by atomic mass is 32.2. The van der Waals surface area contributed by atoms with Crippen LogP contribution in [-0.2, 0) is 21.7 Å². The van der Waals surface area contributed by atoms with Crippen molar-refractivity contribution < 1.29 is 18.9 Å². The highest BCUT2D eigenvalue weighted by Gasteiger charge is 2.31. The zero-order chi connectivity index (χ0) is 23.0. The average Bonchev–Trinajstić information content (AvgIpc) is 3.22. The summed E-state index contributed by atoms with van der Waals surface area (Å²) in [6.45, 7) is 2.09. The average molecular weight is 475 g/mol. The number of pyridine rings is 1. The van der Waals surface area contributed by atoms with Gasteiger partial charge >= 0.3 is 5.97 Å². The van der Waals surface area contributed by atoms with E-state index in [1.165, 1.54) is 16.9 Å². The molecule has 0 bridgehead atoms. The summed E-state index contributed by atoms with van der Waals surface area (Å²) in [5.74, 6) is 0.346. The Morgan fingerprint density at radius 1 is 0.909 bits per heavy atom. The van der Waals surface area contributed by atoms with Crippen LogP contribution in [0.15, 0.2) is 95.5 Å². The molecule has 6 heteroatoms. The van der Waals surface area contributed by atoms with Gasteiger partial charge in [-0.05, 0) is 12.5 Å². The molecule has 0 atom stereocenters. The Labute approximate surface area is 201 Å². The number of thioether (sulfide) groups is 1. The molecule has 0 spiro atoms. The minimum Gasteiger partial charge on any atom is -0.466 e. The first-order valence-electron chi connectivity index (χ1n) is 10.7. The standard InChI is InChI=1S/C27H24NO3S2/c1-2-31-23(29)18-22-24(28-16-10-5-11-17-28)27(32-19-20-12-6-3-7-13-20)33-26(22)25(30)21-14-8-4-9-15-21/h3-17H,2,18-19H2,1H3/q+1. The normalized spacial score (nSPS) is 10.7. The molecular weight excluding hydrogens is 450 g/mol. The molecule has 0 aliphatic carbocycles. The lowest BCUT2D eigenvalue weighted by Gasteiger charge is -2.05. The van der Waals surface area contributed by atoms with Crippen LogP contribution in [0.2, 0.25) is 0 Å². The van der Waals surface area contributed by atoms with Gasteiger partial charge < -0.3 is 4.74 Å². The molecule has 166 valence electrons. The molecule has 2 heterocycles. The van der Waals surface area contributed by atoms with E-state index in [9.17, 15) is 9.59 Å². The van der Waals surface area contributed by atoms with Crippen LogP contribution >= 0.6 is 23.1 Å². The fraction of sp³-hybridized carbons (Fsp3) is 0.148. The predicted molar refractivity (Wildman–Crippen MR) is 132 cm³/mol. The first-order chi connectivity index (χ1) is 16.2. The van der Waals surface area contributed by atoms with Crippen molar-refractivity contribution in [1.82, 2.24) is 0 Å². The Morgan fingerprint density at radius 3 is 2.21 bits per heavy atom. The molecule has 2 aromatic heterocycles. The van der Waals surface area contributed by atoms with E-state index in [0.717, 1.165) is 15.6 Å². The monoisotopic (exact) mass is 474 g/mol. The molecule has 0 radical (unpaired) electrons. The third kappa shape index (κ3) is 5.59. The lowest BCUT2D eigenvalue weighted by molar-refractivity contribution is -0.598. The van der Waals surface area contributed by atoms with Crippen molar-refractivity contribution in [3.63, 3.8) is 0 Å². The molecule has 2 aromatic carbocycles. The van der Waals surface area contributed by atoms with Crippen molar-refractivity contribution in [2.24, 2.45) is 0 Å². The van der Waals surface area contributed by atoms with E-state index < -0.39 is 0 Å². The van der Waals surface area contributed by atoms with Gasteiger partial charge in [0.05, 0.1) is 23.5 Å². The number of ketones is 1. The van der Waals surface area contributed by atoms with E-state index >= 15 is 0 Å². The quantitative estimate of drug-likeness (QED) is 0.136. The number of carbonyl (C=O) groups excluding carboxylic acids is 2. The fourth-order valence-corrected chi connectivity index (χ4v) is 6.02. The Bertz CT molecular complexity index is 1220. The van der Waals surface area contributed by atoms with Crippen molar-refractivity contribution in [3.05, 3.63) is 113 Å². The molecule has 0 aliphatic rings. The van der Waals surface area contributed by atoms with E-state index in [1.54, 1.807) is 18.7 Å². The number of carbonyl (C=O) groups is 2. The summed E-state index contributed by atoms with van der Waals surface area (Å²) in [7, 11) is 0. The number of hydrogen-bond acceptors (Lipinski definition) is 5. The Hall–Kier alpha value is -3.22. The van der Waals surface area contributed by atoms with Crippen LogP contribution in [0.1, 0.15) is 33.3 Å². The third-order valence-electron chi connectivity index (χ3n) is 5.00. The number of hydrogen-bond donors (Lipinski definition) is 0. The van der Waals surface area contributed by atoms with Gasteiger partial charge in [-0.15, -0.1) is 23.1 Å². The Morgan fingerprint density at radius 2 is 1.55 bits per heavy atom. The number of benzene rings is 2. The topological polar surface area (TPSA) is 47.3 Å². The van der Waals surface area contributed by atoms with E-state index in [-0.39, 0.29) is 18.2 Å². The second-order valence-electron chi connectivity index (χ2n) is 7.28. The van der Waals surface area contributed by atoms with Crippen LogP contribution < -0.4 is 4.57 Å². The number of aromatic nitrogens is 1. The van der Waals surface area contributed by atoms with E-state index in [0.29, 0.717) is 22.6 Å². The summed E-state index contributed by atoms with van der Waals surface area (Å²) in [6.07, 6.45) is 3.93. The van der Waals surface area contributed by atoms with Crippen LogP contribution in [-0.4, -0.2) is 18.4 Å². The first kappa shape index (κ1) is 23.0. The summed E-state index contributed by atoms with van der Waals surface area (Å²) < 4.78 is 8.23. The van der Waals surface area contributed by atoms with Crippen LogP contribution in [0, 0.1) is 0 Å². The number of thiophene rings is 1. The SMILES string of the molecule is CCOC(=O)Cc1c(C(=O)c2ccccc2)sc(SCc2ccccc2)c1-[n+]1ccccc1. The third-order valence-corrected chi connectivity index (χ3v) is 7.55. The van der Waals surface area contributed by atoms with E-state index in [4.69, 9.17) is 4.74 Å². The summed E-state index contributed by atoms with van der Waals surface area (Å²) >= 11 is 3.12. The first-order valence-corrected chi connectivity index (χ1v) is 12.5. The fourth-order valence-electron chi connectivity index (χ4n) is 3.49. The molecule has 4 aromatic rings. The zero-order valence-electron chi connectivity index (χ0n) is 18.3. The maximum atomic E-state index is 13.5. The number of rotatable bonds is 9. The number of nitrogens with zero attached hydrogens (tertiary/aromatic N) is 1. The summed E-state index contributed by atoms with van der Waals surface area (Å²) in [4.78, 5) is 26.6. The molecule has 0 saturated carbocycles. The summed E-state index contributed by atoms with van der Waals surface area (Å²) in [6, 6.07) is 25.2. The van der Waals surface area contributed by atoms with Gasteiger partial charge in [0.25, 0.3) is 0 Å². The van der Waals surface area contributed by atoms with Gasteiger partial charge in [0.1, 0.15) is 4.21 Å². The van der Waals surface area contributed by atoms with Crippen molar-refractivity contribution in [2.75, 3.05) is 6.61 Å². The maximum Gasteiger partial charge on any atom is 0.310 e. The highest BCUT2D eigenvalue weighted by molar-refractivity contribution is 8.00. The number of esters is 1. The predicted octanol–water partition coefficient (Wildman–Crippen LogP) is 5.65. The van der Waals surface area contributed by atoms with Crippen LogP contribution in [0.25, 0.3) is 5.69 Å². The Kier molecular flexibility index (Phi) is 7.70. The maximum absolute atomic E-state index is 13.5. The van der Waals surface area contributed by atoms with Crippen molar-refractivity contribution >= 4 is 34.9 Å². The van der Waals surface area contributed by atoms with Gasteiger partial charge in [-0.2, -0.15) is 4.57 Å². The summed E-state index contributed by atoms with van der Waals surface area (Å²) in [5, 5.41) is 0. The minimum atomic E-state index is -0.338. The van der Waals surface area contributed by atoms with Crippen molar-refractivity contribution in [3.8, 4) is 5.69 Å². The highest BCUT2D eigenvalue weighted by Crippen LogP contribution is 2.39. The van der Waals surface area contributed by atoms with Gasteiger partial charge in [0, 0.05) is 23.4 Å². The molecule has 4 rings (SSSR count).